The molecule has 1 aromatic heterocycles. The molecule has 6 nitrogen and oxygen atoms in total. The minimum Gasteiger partial charge on any atom is -0.481 e. The van der Waals surface area contributed by atoms with Gasteiger partial charge in [-0.25, -0.2) is 4.98 Å². The Morgan fingerprint density at radius 3 is 2.42 bits per heavy atom. The van der Waals surface area contributed by atoms with E-state index in [1.165, 1.54) is 0 Å². The fourth-order valence-electron chi connectivity index (χ4n) is 2.71. The summed E-state index contributed by atoms with van der Waals surface area (Å²) in [5.74, 6) is 2.18. The lowest BCUT2D eigenvalue weighted by Crippen LogP contribution is -2.49. The van der Waals surface area contributed by atoms with E-state index in [-0.39, 0.29) is 5.91 Å². The zero-order valence-electron chi connectivity index (χ0n) is 13.7. The Hall–Kier alpha value is -1.90. The van der Waals surface area contributed by atoms with Crippen molar-refractivity contribution in [2.75, 3.05) is 38.2 Å². The minimum absolute atomic E-state index is 0.0856. The first-order chi connectivity index (χ1) is 11.6. The third kappa shape index (κ3) is 3.77. The van der Waals surface area contributed by atoms with Gasteiger partial charge in [0.2, 0.25) is 5.88 Å². The minimum atomic E-state index is 0.0856. The van der Waals surface area contributed by atoms with E-state index < -0.39 is 0 Å². The summed E-state index contributed by atoms with van der Waals surface area (Å²) in [5.41, 5.74) is 0.739. The number of piperazine rings is 1. The highest BCUT2D eigenvalue weighted by atomic mass is 127. The second-order valence-electron chi connectivity index (χ2n) is 5.60. The summed E-state index contributed by atoms with van der Waals surface area (Å²) in [6.07, 6.45) is 0. The number of ether oxygens (including phenoxy) is 1. The van der Waals surface area contributed by atoms with Crippen LogP contribution >= 0.6 is 22.6 Å². The van der Waals surface area contributed by atoms with Crippen molar-refractivity contribution < 1.29 is 9.53 Å². The Kier molecular flexibility index (Phi) is 5.17. The van der Waals surface area contributed by atoms with Crippen LogP contribution in [0.3, 0.4) is 0 Å². The largest absolute Gasteiger partial charge is 0.481 e. The van der Waals surface area contributed by atoms with Crippen molar-refractivity contribution in [3.63, 3.8) is 0 Å². The molecule has 0 unspecified atom stereocenters. The molecule has 1 aromatic carbocycles. The van der Waals surface area contributed by atoms with Gasteiger partial charge >= 0.3 is 0 Å². The molecule has 0 saturated carbocycles. The van der Waals surface area contributed by atoms with Gasteiger partial charge in [0, 0.05) is 41.4 Å². The van der Waals surface area contributed by atoms with Gasteiger partial charge in [0.1, 0.15) is 11.6 Å². The number of rotatable bonds is 3. The monoisotopic (exact) mass is 438 g/mol. The van der Waals surface area contributed by atoms with Crippen LogP contribution in [0.2, 0.25) is 0 Å². The third-order valence-electron chi connectivity index (χ3n) is 3.99. The number of methoxy groups -OCH3 is 1. The Labute approximate surface area is 155 Å². The summed E-state index contributed by atoms with van der Waals surface area (Å²) in [7, 11) is 1.60. The second kappa shape index (κ2) is 7.33. The van der Waals surface area contributed by atoms with Gasteiger partial charge < -0.3 is 14.5 Å². The van der Waals surface area contributed by atoms with Crippen LogP contribution in [0.1, 0.15) is 16.2 Å². The van der Waals surface area contributed by atoms with Crippen molar-refractivity contribution in [2.45, 2.75) is 6.92 Å². The molecule has 1 amide bonds. The molecular formula is C17H19IN4O2. The molecule has 0 N–H and O–H groups in total. The molecule has 126 valence electrons. The highest BCUT2D eigenvalue weighted by Gasteiger charge is 2.23. The van der Waals surface area contributed by atoms with Gasteiger partial charge in [0.25, 0.3) is 5.91 Å². The average Bonchev–Trinajstić information content (AvgIpc) is 2.61. The first-order valence-corrected chi connectivity index (χ1v) is 8.84. The van der Waals surface area contributed by atoms with Crippen molar-refractivity contribution in [3.8, 4) is 5.88 Å². The summed E-state index contributed by atoms with van der Waals surface area (Å²) in [4.78, 5) is 25.3. The van der Waals surface area contributed by atoms with Gasteiger partial charge in [-0.3, -0.25) is 4.79 Å². The summed E-state index contributed by atoms with van der Waals surface area (Å²) in [6, 6.07) is 9.52. The van der Waals surface area contributed by atoms with E-state index >= 15 is 0 Å². The predicted molar refractivity (Wildman–Crippen MR) is 101 cm³/mol. The molecule has 7 heteroatoms. The Balaban J connectivity index is 1.66. The molecule has 0 radical (unpaired) electrons. The van der Waals surface area contributed by atoms with Crippen LogP contribution in [0.15, 0.2) is 30.3 Å². The molecule has 0 bridgehead atoms. The second-order valence-corrected chi connectivity index (χ2v) is 6.85. The number of anilines is 1. The maximum atomic E-state index is 12.6. The zero-order chi connectivity index (χ0) is 17.1. The SMILES string of the molecule is COc1cc(N2CCN(C(=O)c3ccc(I)cc3)CC2)nc(C)n1. The molecule has 0 spiro atoms. The molecule has 0 atom stereocenters. The fourth-order valence-corrected chi connectivity index (χ4v) is 3.07. The maximum Gasteiger partial charge on any atom is 0.253 e. The topological polar surface area (TPSA) is 58.6 Å². The standard InChI is InChI=1S/C17H19IN4O2/c1-12-19-15(11-16(20-12)24-2)21-7-9-22(10-8-21)17(23)13-3-5-14(18)6-4-13/h3-6,11H,7-10H2,1-2H3. The number of benzene rings is 1. The van der Waals surface area contributed by atoms with Crippen LogP contribution < -0.4 is 9.64 Å². The first kappa shape index (κ1) is 16.9. The average molecular weight is 438 g/mol. The number of amides is 1. The summed E-state index contributed by atoms with van der Waals surface area (Å²) in [6.45, 7) is 4.69. The quantitative estimate of drug-likeness (QED) is 0.689. The van der Waals surface area contributed by atoms with Crippen LogP contribution in [-0.4, -0.2) is 54.1 Å². The molecule has 2 heterocycles. The number of hydrogen-bond acceptors (Lipinski definition) is 5. The zero-order valence-corrected chi connectivity index (χ0v) is 15.9. The number of carbonyl (C=O) groups excluding carboxylic acids is 1. The van der Waals surface area contributed by atoms with Gasteiger partial charge in [0.15, 0.2) is 0 Å². The Morgan fingerprint density at radius 1 is 1.12 bits per heavy atom. The van der Waals surface area contributed by atoms with Crippen LogP contribution in [0.5, 0.6) is 5.88 Å². The molecule has 0 aliphatic carbocycles. The van der Waals surface area contributed by atoms with Crippen molar-refractivity contribution in [2.24, 2.45) is 0 Å². The predicted octanol–water partition coefficient (Wildman–Crippen LogP) is 2.36. The maximum absolute atomic E-state index is 12.6. The highest BCUT2D eigenvalue weighted by molar-refractivity contribution is 14.1. The lowest BCUT2D eigenvalue weighted by molar-refractivity contribution is 0.0746. The van der Waals surface area contributed by atoms with Crippen LogP contribution in [0.4, 0.5) is 5.82 Å². The van der Waals surface area contributed by atoms with Gasteiger partial charge in [-0.05, 0) is 53.8 Å². The van der Waals surface area contributed by atoms with Gasteiger partial charge in [0.05, 0.1) is 7.11 Å². The van der Waals surface area contributed by atoms with Crippen molar-refractivity contribution in [1.82, 2.24) is 14.9 Å². The lowest BCUT2D eigenvalue weighted by Gasteiger charge is -2.35. The van der Waals surface area contributed by atoms with Crippen molar-refractivity contribution in [3.05, 3.63) is 45.3 Å². The van der Waals surface area contributed by atoms with Crippen molar-refractivity contribution in [1.29, 1.82) is 0 Å². The molecule has 1 saturated heterocycles. The van der Waals surface area contributed by atoms with Crippen LogP contribution in [0.25, 0.3) is 0 Å². The molecule has 1 aliphatic heterocycles. The number of aromatic nitrogens is 2. The summed E-state index contributed by atoms with van der Waals surface area (Å²) >= 11 is 2.24. The number of carbonyl (C=O) groups is 1. The summed E-state index contributed by atoms with van der Waals surface area (Å²) in [5, 5.41) is 0. The van der Waals surface area contributed by atoms with Gasteiger partial charge in [-0.15, -0.1) is 0 Å². The molecule has 24 heavy (non-hydrogen) atoms. The van der Waals surface area contributed by atoms with Crippen LogP contribution in [-0.2, 0) is 0 Å². The van der Waals surface area contributed by atoms with E-state index in [0.29, 0.717) is 24.8 Å². The Bertz CT molecular complexity index is 728. The number of halogens is 1. The normalized spacial score (nSPS) is 14.6. The lowest BCUT2D eigenvalue weighted by atomic mass is 10.2. The van der Waals surface area contributed by atoms with E-state index in [2.05, 4.69) is 37.5 Å². The third-order valence-corrected chi connectivity index (χ3v) is 4.71. The van der Waals surface area contributed by atoms with E-state index in [4.69, 9.17) is 4.74 Å². The van der Waals surface area contributed by atoms with E-state index in [1.54, 1.807) is 7.11 Å². The molecule has 1 fully saturated rings. The van der Waals surface area contributed by atoms with E-state index in [0.717, 1.165) is 28.0 Å². The molecular weight excluding hydrogens is 419 g/mol. The van der Waals surface area contributed by atoms with Crippen LogP contribution in [0, 0.1) is 10.5 Å². The smallest absolute Gasteiger partial charge is 0.253 e. The number of aryl methyl sites for hydroxylation is 1. The van der Waals surface area contributed by atoms with Gasteiger partial charge in [-0.1, -0.05) is 0 Å². The highest BCUT2D eigenvalue weighted by Crippen LogP contribution is 2.19. The number of nitrogens with zero attached hydrogens (tertiary/aromatic N) is 4. The van der Waals surface area contributed by atoms with E-state index in [1.807, 2.05) is 42.2 Å². The van der Waals surface area contributed by atoms with E-state index in [9.17, 15) is 4.79 Å². The first-order valence-electron chi connectivity index (χ1n) is 7.76. The Morgan fingerprint density at radius 2 is 1.79 bits per heavy atom. The van der Waals surface area contributed by atoms with Gasteiger partial charge in [-0.2, -0.15) is 4.98 Å². The fraction of sp³-hybridized carbons (Fsp3) is 0.353. The number of hydrogen-bond donors (Lipinski definition) is 0. The van der Waals surface area contributed by atoms with Crippen molar-refractivity contribution >= 4 is 34.3 Å². The molecule has 3 rings (SSSR count). The molecule has 2 aromatic rings. The molecule has 1 aliphatic rings. The summed E-state index contributed by atoms with van der Waals surface area (Å²) < 4.78 is 6.34.